The van der Waals surface area contributed by atoms with Gasteiger partial charge in [0.05, 0.1) is 17.7 Å². The third kappa shape index (κ3) is 3.42. The Morgan fingerprint density at radius 1 is 1.47 bits per heavy atom. The van der Waals surface area contributed by atoms with Gasteiger partial charge in [0.25, 0.3) is 0 Å². The fourth-order valence-corrected chi connectivity index (χ4v) is 2.86. The van der Waals surface area contributed by atoms with Crippen molar-refractivity contribution in [2.45, 2.75) is 25.8 Å². The molecule has 1 atom stereocenters. The molecule has 2 aliphatic rings. The Morgan fingerprint density at radius 3 is 2.68 bits per heavy atom. The van der Waals surface area contributed by atoms with Crippen LogP contribution in [0.1, 0.15) is 19.8 Å². The van der Waals surface area contributed by atoms with E-state index in [4.69, 9.17) is 0 Å². The van der Waals surface area contributed by atoms with Crippen molar-refractivity contribution in [3.63, 3.8) is 0 Å². The fourth-order valence-electron chi connectivity index (χ4n) is 1.98. The number of nitrogens with one attached hydrogen (secondary N) is 1. The summed E-state index contributed by atoms with van der Waals surface area (Å²) in [6.45, 7) is 1.38. The minimum Gasteiger partial charge on any atom is -0.543 e. The largest absolute Gasteiger partial charge is 1.00 e. The van der Waals surface area contributed by atoms with Crippen LogP contribution in [0.25, 0.3) is 0 Å². The molecular weight excluding hydrogens is 279 g/mol. The van der Waals surface area contributed by atoms with E-state index in [-0.39, 0.29) is 53.1 Å². The van der Waals surface area contributed by atoms with Crippen molar-refractivity contribution in [1.82, 2.24) is 10.2 Å². The van der Waals surface area contributed by atoms with Gasteiger partial charge in [0.1, 0.15) is 0 Å². The third-order valence-corrected chi connectivity index (χ3v) is 3.65. The first kappa shape index (κ1) is 16.3. The summed E-state index contributed by atoms with van der Waals surface area (Å²) in [5.74, 6) is -1.71. The number of β-lactam (4-membered cyclic amide) rings is 1. The van der Waals surface area contributed by atoms with Crippen LogP contribution in [0.3, 0.4) is 0 Å². The molecule has 1 unspecified atom stereocenters. The number of thioether (sulfide) groups is 1. The first-order valence-corrected chi connectivity index (χ1v) is 6.24. The molecule has 0 spiro atoms. The number of carboxylic acids is 1. The number of carbonyl (C=O) groups is 3. The second-order valence-corrected chi connectivity index (χ2v) is 5.01. The number of hydrogen-bond acceptors (Lipinski definition) is 5. The molecule has 8 heteroatoms. The molecule has 0 aromatic heterocycles. The molecule has 19 heavy (non-hydrogen) atoms. The summed E-state index contributed by atoms with van der Waals surface area (Å²) in [4.78, 5) is 34.8. The Balaban J connectivity index is 0.00000180. The van der Waals surface area contributed by atoms with Crippen LogP contribution in [0.2, 0.25) is 0 Å². The number of amides is 2. The van der Waals surface area contributed by atoms with Crippen molar-refractivity contribution in [2.24, 2.45) is 0 Å². The fraction of sp³-hybridized carbons (Fsp3) is 0.364. The van der Waals surface area contributed by atoms with Gasteiger partial charge in [0.2, 0.25) is 11.8 Å². The van der Waals surface area contributed by atoms with Gasteiger partial charge in [0, 0.05) is 30.9 Å². The zero-order valence-corrected chi connectivity index (χ0v) is 13.5. The molecule has 0 radical (unpaired) electrons. The number of fused-ring (bicyclic) bond motifs is 1. The summed E-state index contributed by atoms with van der Waals surface area (Å²) in [6, 6.07) is -0.0398. The predicted octanol–water partition coefficient (Wildman–Crippen LogP) is -3.70. The SMILES string of the molecule is CC(=O)N/C=C\SC1=C(C(=O)[O-])N2C(=O)CC2C1.[Na+]. The quantitative estimate of drug-likeness (QED) is 0.425. The first-order chi connectivity index (χ1) is 8.50. The van der Waals surface area contributed by atoms with Crippen LogP contribution in [0.4, 0.5) is 0 Å². The van der Waals surface area contributed by atoms with Crippen LogP contribution in [-0.2, 0) is 14.4 Å². The Kier molecular flexibility index (Phi) is 5.66. The maximum absolute atomic E-state index is 11.3. The number of rotatable bonds is 4. The molecule has 0 aliphatic carbocycles. The molecule has 0 aromatic rings. The van der Waals surface area contributed by atoms with Crippen molar-refractivity contribution in [2.75, 3.05) is 0 Å². The van der Waals surface area contributed by atoms with Crippen LogP contribution in [0.5, 0.6) is 0 Å². The van der Waals surface area contributed by atoms with Crippen LogP contribution < -0.4 is 40.0 Å². The smallest absolute Gasteiger partial charge is 0.543 e. The molecule has 1 N–H and O–H groups in total. The Labute approximate surface area is 136 Å². The van der Waals surface area contributed by atoms with Gasteiger partial charge >= 0.3 is 29.6 Å². The third-order valence-electron chi connectivity index (χ3n) is 2.73. The molecule has 0 bridgehead atoms. The summed E-state index contributed by atoms with van der Waals surface area (Å²) in [5, 5.41) is 15.1. The Hall–Kier alpha value is -0.760. The van der Waals surface area contributed by atoms with Gasteiger partial charge in [-0.2, -0.15) is 0 Å². The van der Waals surface area contributed by atoms with Gasteiger partial charge in [-0.1, -0.05) is 11.8 Å². The van der Waals surface area contributed by atoms with Crippen LogP contribution in [0, 0.1) is 0 Å². The number of aliphatic carboxylic acids is 1. The summed E-state index contributed by atoms with van der Waals surface area (Å²) in [7, 11) is 0. The monoisotopic (exact) mass is 290 g/mol. The minimum atomic E-state index is -1.33. The van der Waals surface area contributed by atoms with E-state index in [2.05, 4.69) is 5.32 Å². The van der Waals surface area contributed by atoms with Crippen molar-refractivity contribution in [1.29, 1.82) is 0 Å². The van der Waals surface area contributed by atoms with E-state index in [1.165, 1.54) is 29.8 Å². The van der Waals surface area contributed by atoms with Crippen molar-refractivity contribution in [3.05, 3.63) is 22.2 Å². The molecule has 2 rings (SSSR count). The summed E-state index contributed by atoms with van der Waals surface area (Å²) >= 11 is 1.18. The van der Waals surface area contributed by atoms with E-state index in [0.29, 0.717) is 17.7 Å². The number of carboxylic acid groups (broad SMARTS) is 1. The molecule has 2 aliphatic heterocycles. The average Bonchev–Trinajstić information content (AvgIpc) is 2.57. The molecular formula is C11H11N2NaO4S. The number of hydrogen-bond donors (Lipinski definition) is 1. The predicted molar refractivity (Wildman–Crippen MR) is 62.4 cm³/mol. The van der Waals surface area contributed by atoms with Crippen molar-refractivity contribution in [3.8, 4) is 0 Å². The topological polar surface area (TPSA) is 89.5 Å². The van der Waals surface area contributed by atoms with Gasteiger partial charge in [0.15, 0.2) is 0 Å². The maximum atomic E-state index is 11.3. The normalized spacial score (nSPS) is 21.0. The molecule has 96 valence electrons. The van der Waals surface area contributed by atoms with Crippen LogP contribution in [-0.4, -0.2) is 28.7 Å². The summed E-state index contributed by atoms with van der Waals surface area (Å²) in [6.07, 6.45) is 2.35. The second-order valence-electron chi connectivity index (χ2n) is 4.01. The van der Waals surface area contributed by atoms with Crippen LogP contribution in [0.15, 0.2) is 22.2 Å². The Bertz CT molecular complexity index is 489. The van der Waals surface area contributed by atoms with E-state index in [0.717, 1.165) is 0 Å². The summed E-state index contributed by atoms with van der Waals surface area (Å²) < 4.78 is 0. The molecule has 0 aromatic carbocycles. The molecule has 1 saturated heterocycles. The van der Waals surface area contributed by atoms with Crippen molar-refractivity contribution < 1.29 is 49.0 Å². The first-order valence-electron chi connectivity index (χ1n) is 5.36. The molecule has 0 saturated carbocycles. The zero-order chi connectivity index (χ0) is 13.3. The molecule has 1 fully saturated rings. The van der Waals surface area contributed by atoms with Gasteiger partial charge in [-0.05, 0) is 5.41 Å². The van der Waals surface area contributed by atoms with E-state index in [1.54, 1.807) is 5.41 Å². The standard InChI is InChI=1S/C11H12N2O4S.Na/c1-6(14)12-2-3-18-8-4-7-5-9(15)13(7)10(8)11(16)17;/h2-3,7H,4-5H2,1H3,(H,12,14)(H,16,17);/q;+1/p-1/b3-2-;. The second kappa shape index (κ2) is 6.60. The molecule has 6 nitrogen and oxygen atoms in total. The average molecular weight is 290 g/mol. The molecule has 2 heterocycles. The number of carbonyl (C=O) groups excluding carboxylic acids is 3. The molecule has 2 amide bonds. The van der Waals surface area contributed by atoms with Gasteiger partial charge < -0.3 is 20.1 Å². The van der Waals surface area contributed by atoms with Crippen molar-refractivity contribution >= 4 is 29.5 Å². The van der Waals surface area contributed by atoms with Crippen LogP contribution >= 0.6 is 11.8 Å². The van der Waals surface area contributed by atoms with E-state index in [9.17, 15) is 19.5 Å². The summed E-state index contributed by atoms with van der Waals surface area (Å²) in [5.41, 5.74) is -0.0336. The van der Waals surface area contributed by atoms with Gasteiger partial charge in [-0.3, -0.25) is 9.59 Å². The number of nitrogens with zero attached hydrogens (tertiary/aromatic N) is 1. The van der Waals surface area contributed by atoms with E-state index < -0.39 is 5.97 Å². The Morgan fingerprint density at radius 2 is 2.16 bits per heavy atom. The maximum Gasteiger partial charge on any atom is 1.00 e. The zero-order valence-electron chi connectivity index (χ0n) is 10.6. The van der Waals surface area contributed by atoms with Gasteiger partial charge in [-0.15, -0.1) is 0 Å². The van der Waals surface area contributed by atoms with Gasteiger partial charge in [-0.25, -0.2) is 0 Å². The van der Waals surface area contributed by atoms with E-state index >= 15 is 0 Å². The van der Waals surface area contributed by atoms with E-state index in [1.807, 2.05) is 0 Å². The minimum absolute atomic E-state index is 0.